The molecule has 0 aliphatic carbocycles. The van der Waals surface area contributed by atoms with E-state index in [0.29, 0.717) is 27.0 Å². The number of thiocarbonyl (C=S) groups is 1. The molecule has 0 saturated carbocycles. The largest absolute Gasteiger partial charge is 0.478 e. The van der Waals surface area contributed by atoms with E-state index in [1.807, 2.05) is 26.0 Å². The van der Waals surface area contributed by atoms with Gasteiger partial charge in [0.1, 0.15) is 4.32 Å². The van der Waals surface area contributed by atoms with Crippen LogP contribution in [0.1, 0.15) is 22.3 Å². The summed E-state index contributed by atoms with van der Waals surface area (Å²) in [5, 5.41) is 2.53. The molecule has 0 unspecified atom stereocenters. The van der Waals surface area contributed by atoms with E-state index in [1.54, 1.807) is 12.1 Å². The first kappa shape index (κ1) is 19.6. The first-order valence-electron chi connectivity index (χ1n) is 8.89. The Morgan fingerprint density at radius 3 is 2.59 bits per heavy atom. The topological polar surface area (TPSA) is 58.6 Å². The van der Waals surface area contributed by atoms with Crippen molar-refractivity contribution < 1.29 is 18.7 Å². The molecular weight excluding hydrogens is 411 g/mol. The van der Waals surface area contributed by atoms with Crippen molar-refractivity contribution in [3.63, 3.8) is 0 Å². The summed E-state index contributed by atoms with van der Waals surface area (Å²) in [6.07, 6.45) is 1.55. The minimum atomic E-state index is -0.585. The van der Waals surface area contributed by atoms with E-state index in [0.717, 1.165) is 28.5 Å². The van der Waals surface area contributed by atoms with Crippen LogP contribution in [0.3, 0.4) is 0 Å². The van der Waals surface area contributed by atoms with Crippen LogP contribution in [0.25, 0.3) is 6.08 Å². The van der Waals surface area contributed by atoms with Crippen LogP contribution in [0, 0.1) is 19.7 Å². The van der Waals surface area contributed by atoms with Crippen LogP contribution in [-0.4, -0.2) is 22.7 Å². The fraction of sp³-hybridized carbons (Fsp3) is 0.190. The second-order valence-corrected chi connectivity index (χ2v) is 8.69. The molecule has 2 amide bonds. The average molecular weight is 429 g/mol. The number of nitrogens with one attached hydrogen (secondary N) is 1. The third kappa shape index (κ3) is 4.04. The predicted molar refractivity (Wildman–Crippen MR) is 115 cm³/mol. The van der Waals surface area contributed by atoms with Crippen molar-refractivity contribution in [3.05, 3.63) is 63.3 Å². The molecule has 0 aromatic heterocycles. The fourth-order valence-corrected chi connectivity index (χ4v) is 4.51. The van der Waals surface area contributed by atoms with Crippen molar-refractivity contribution in [2.45, 2.75) is 20.4 Å². The third-order valence-corrected chi connectivity index (χ3v) is 5.70. The highest BCUT2D eigenvalue weighted by Crippen LogP contribution is 2.38. The van der Waals surface area contributed by atoms with Gasteiger partial charge in [0.25, 0.3) is 11.8 Å². The van der Waals surface area contributed by atoms with Gasteiger partial charge in [-0.15, -0.1) is 0 Å². The highest BCUT2D eigenvalue weighted by molar-refractivity contribution is 8.26. The Bertz CT molecular complexity index is 1080. The van der Waals surface area contributed by atoms with Gasteiger partial charge < -0.3 is 15.0 Å². The quantitative estimate of drug-likeness (QED) is 0.594. The molecule has 2 aromatic carbocycles. The lowest BCUT2D eigenvalue weighted by Crippen LogP contribution is -2.38. The lowest BCUT2D eigenvalue weighted by atomic mass is 10.1. The smallest absolute Gasteiger partial charge is 0.265 e. The number of carbonyl (C=O) groups excluding carboxylic acids is 2. The molecule has 1 N–H and O–H groups in total. The lowest BCUT2D eigenvalue weighted by Gasteiger charge is -2.30. The summed E-state index contributed by atoms with van der Waals surface area (Å²) in [7, 11) is 0. The zero-order chi connectivity index (χ0) is 20.7. The minimum absolute atomic E-state index is 0.0372. The van der Waals surface area contributed by atoms with Gasteiger partial charge in [-0.05, 0) is 43.2 Å². The van der Waals surface area contributed by atoms with Crippen LogP contribution < -0.4 is 15.0 Å². The molecule has 2 heterocycles. The van der Waals surface area contributed by atoms with Crippen molar-refractivity contribution in [3.8, 4) is 5.75 Å². The van der Waals surface area contributed by atoms with Crippen LogP contribution >= 0.6 is 24.0 Å². The van der Waals surface area contributed by atoms with Crippen molar-refractivity contribution in [2.24, 2.45) is 0 Å². The summed E-state index contributed by atoms with van der Waals surface area (Å²) in [5.74, 6) is -1.12. The van der Waals surface area contributed by atoms with Gasteiger partial charge in [-0.3, -0.25) is 9.59 Å². The Hall–Kier alpha value is -2.71. The van der Waals surface area contributed by atoms with E-state index in [-0.39, 0.29) is 24.2 Å². The van der Waals surface area contributed by atoms with E-state index in [1.165, 1.54) is 11.0 Å². The first-order chi connectivity index (χ1) is 13.8. The second-order valence-electron chi connectivity index (χ2n) is 6.97. The third-order valence-electron chi connectivity index (χ3n) is 4.54. The highest BCUT2D eigenvalue weighted by Gasteiger charge is 2.29. The van der Waals surface area contributed by atoms with E-state index in [2.05, 4.69) is 11.4 Å². The Morgan fingerprint density at radius 2 is 1.93 bits per heavy atom. The molecule has 2 aromatic rings. The maximum absolute atomic E-state index is 14.7. The Kier molecular flexibility index (Phi) is 5.14. The molecule has 0 radical (unpaired) electrons. The number of hydrogen-bond acceptors (Lipinski definition) is 5. The summed E-state index contributed by atoms with van der Waals surface area (Å²) in [6.45, 7) is 4.06. The number of nitrogens with zero attached hydrogens (tertiary/aromatic N) is 1. The number of anilines is 1. The maximum Gasteiger partial charge on any atom is 0.265 e. The van der Waals surface area contributed by atoms with Gasteiger partial charge >= 0.3 is 0 Å². The maximum atomic E-state index is 14.7. The Labute approximate surface area is 176 Å². The van der Waals surface area contributed by atoms with E-state index >= 15 is 0 Å². The minimum Gasteiger partial charge on any atom is -0.478 e. The zero-order valence-electron chi connectivity index (χ0n) is 15.7. The van der Waals surface area contributed by atoms with E-state index in [9.17, 15) is 14.0 Å². The molecule has 4 rings (SSSR count). The Balaban J connectivity index is 1.74. The number of aryl methyl sites for hydroxylation is 2. The molecule has 0 bridgehead atoms. The molecule has 1 fully saturated rings. The average Bonchev–Trinajstić information content (AvgIpc) is 2.94. The zero-order valence-corrected chi connectivity index (χ0v) is 17.4. The summed E-state index contributed by atoms with van der Waals surface area (Å²) in [4.78, 5) is 26.4. The number of thioether (sulfide) groups is 1. The normalized spacial score (nSPS) is 17.4. The second kappa shape index (κ2) is 7.61. The molecule has 29 heavy (non-hydrogen) atoms. The number of hydrogen-bond donors (Lipinski definition) is 1. The number of fused-ring (bicyclic) bond motifs is 1. The molecule has 8 heteroatoms. The first-order valence-corrected chi connectivity index (χ1v) is 10.1. The van der Waals surface area contributed by atoms with Crippen LogP contribution in [0.4, 0.5) is 10.1 Å². The molecular formula is C21H17FN2O3S2. The van der Waals surface area contributed by atoms with Gasteiger partial charge in [0, 0.05) is 0 Å². The summed E-state index contributed by atoms with van der Waals surface area (Å²) >= 11 is 6.10. The van der Waals surface area contributed by atoms with Crippen LogP contribution in [0.5, 0.6) is 5.75 Å². The molecule has 5 nitrogen and oxygen atoms in total. The van der Waals surface area contributed by atoms with E-state index in [4.69, 9.17) is 17.0 Å². The van der Waals surface area contributed by atoms with E-state index < -0.39 is 5.82 Å². The predicted octanol–water partition coefficient (Wildman–Crippen LogP) is 3.86. The molecule has 2 aliphatic heterocycles. The van der Waals surface area contributed by atoms with Gasteiger partial charge in [0.05, 0.1) is 17.1 Å². The van der Waals surface area contributed by atoms with Crippen molar-refractivity contribution in [1.82, 2.24) is 5.32 Å². The van der Waals surface area contributed by atoms with Crippen molar-refractivity contribution in [2.75, 3.05) is 11.5 Å². The van der Waals surface area contributed by atoms with Gasteiger partial charge in [0.15, 0.2) is 18.2 Å². The van der Waals surface area contributed by atoms with Crippen molar-refractivity contribution >= 4 is 51.9 Å². The summed E-state index contributed by atoms with van der Waals surface area (Å²) < 4.78 is 20.4. The van der Waals surface area contributed by atoms with Crippen molar-refractivity contribution in [1.29, 1.82) is 0 Å². The van der Waals surface area contributed by atoms with Crippen LogP contribution in [-0.2, 0) is 16.1 Å². The SMILES string of the molecule is Cc1cc(C)cc(CN2C(=O)COc3c(F)cc(C=C4SC(=S)NC4=O)cc32)c1. The van der Waals surface area contributed by atoms with Gasteiger partial charge in [-0.1, -0.05) is 53.3 Å². The standard InChI is InChI=1S/C21H17FN2O3S2/c1-11-3-12(2)5-14(4-11)9-24-16-7-13(8-17-20(26)23-21(28)29-17)6-15(22)19(16)27-10-18(24)25/h3-8H,9-10H2,1-2H3,(H,23,26,28). The lowest BCUT2D eigenvalue weighted by molar-refractivity contribution is -0.121. The highest BCUT2D eigenvalue weighted by atomic mass is 32.2. The summed E-state index contributed by atoms with van der Waals surface area (Å²) in [6, 6.07) is 8.99. The number of benzene rings is 2. The number of halogens is 1. The molecule has 0 atom stereocenters. The number of ether oxygens (including phenoxy) is 1. The molecule has 2 aliphatic rings. The van der Waals surface area contributed by atoms with Crippen LogP contribution in [0.2, 0.25) is 0 Å². The summed E-state index contributed by atoms with van der Waals surface area (Å²) in [5.41, 5.74) is 3.92. The van der Waals surface area contributed by atoms with Gasteiger partial charge in [-0.25, -0.2) is 4.39 Å². The number of amides is 2. The number of rotatable bonds is 3. The van der Waals surface area contributed by atoms with Crippen LogP contribution in [0.15, 0.2) is 35.2 Å². The monoisotopic (exact) mass is 428 g/mol. The molecule has 0 spiro atoms. The molecule has 1 saturated heterocycles. The van der Waals surface area contributed by atoms with Gasteiger partial charge in [-0.2, -0.15) is 0 Å². The Morgan fingerprint density at radius 1 is 1.21 bits per heavy atom. The number of carbonyl (C=O) groups is 2. The van der Waals surface area contributed by atoms with Gasteiger partial charge in [0.2, 0.25) is 0 Å². The molecule has 148 valence electrons. The fourth-order valence-electron chi connectivity index (χ4n) is 3.46.